The van der Waals surface area contributed by atoms with Crippen molar-refractivity contribution in [2.45, 2.75) is 13.8 Å². The smallest absolute Gasteiger partial charge is 0.131 e. The van der Waals surface area contributed by atoms with Crippen molar-refractivity contribution in [1.82, 2.24) is 0 Å². The van der Waals surface area contributed by atoms with Crippen LogP contribution in [0.4, 0.5) is 0 Å². The van der Waals surface area contributed by atoms with Gasteiger partial charge in [0, 0.05) is 10.8 Å². The van der Waals surface area contributed by atoms with Crippen LogP contribution in [0.1, 0.15) is 11.1 Å². The zero-order valence-corrected chi connectivity index (χ0v) is 9.99. The van der Waals surface area contributed by atoms with Crippen molar-refractivity contribution in [3.8, 4) is 5.75 Å². The average Bonchev–Trinajstić information content (AvgIpc) is 2.32. The maximum absolute atomic E-state index is 10.4. The van der Waals surface area contributed by atoms with E-state index in [2.05, 4.69) is 32.0 Å². The summed E-state index contributed by atoms with van der Waals surface area (Å²) in [4.78, 5) is 0. The molecule has 0 radical (unpaired) electrons. The SMILES string of the molecule is Cc1cccc2c(O)c3cccc(C)c3cc12. The Morgan fingerprint density at radius 2 is 1.18 bits per heavy atom. The van der Waals surface area contributed by atoms with Crippen LogP contribution in [0.3, 0.4) is 0 Å². The molecule has 0 aliphatic rings. The van der Waals surface area contributed by atoms with Gasteiger partial charge in [-0.3, -0.25) is 0 Å². The number of hydrogen-bond acceptors (Lipinski definition) is 1. The van der Waals surface area contributed by atoms with Crippen LogP contribution >= 0.6 is 0 Å². The summed E-state index contributed by atoms with van der Waals surface area (Å²) in [6.45, 7) is 4.15. The predicted octanol–water partition coefficient (Wildman–Crippen LogP) is 4.32. The molecule has 1 N–H and O–H groups in total. The van der Waals surface area contributed by atoms with Crippen molar-refractivity contribution in [1.29, 1.82) is 0 Å². The molecule has 0 bridgehead atoms. The van der Waals surface area contributed by atoms with Gasteiger partial charge in [0.05, 0.1) is 0 Å². The monoisotopic (exact) mass is 222 g/mol. The standard InChI is InChI=1S/C16H14O/c1-10-5-3-7-12-14(10)9-15-11(2)6-4-8-13(15)16(12)17/h3-9,17H,1-2H3. The van der Waals surface area contributed by atoms with Gasteiger partial charge in [0.15, 0.2) is 0 Å². The lowest BCUT2D eigenvalue weighted by molar-refractivity contribution is 0.488. The number of rotatable bonds is 0. The topological polar surface area (TPSA) is 20.2 Å². The molecule has 3 aromatic rings. The van der Waals surface area contributed by atoms with E-state index in [4.69, 9.17) is 0 Å². The number of phenols is 1. The fourth-order valence-electron chi connectivity index (χ4n) is 2.45. The number of benzene rings is 3. The third-order valence-corrected chi connectivity index (χ3v) is 3.45. The maximum atomic E-state index is 10.4. The molecule has 3 aromatic carbocycles. The third-order valence-electron chi connectivity index (χ3n) is 3.45. The molecule has 1 heteroatoms. The van der Waals surface area contributed by atoms with E-state index >= 15 is 0 Å². The van der Waals surface area contributed by atoms with E-state index in [9.17, 15) is 5.11 Å². The first-order chi connectivity index (χ1) is 8.18. The zero-order valence-electron chi connectivity index (χ0n) is 9.99. The summed E-state index contributed by atoms with van der Waals surface area (Å²) in [5, 5.41) is 14.5. The van der Waals surface area contributed by atoms with E-state index in [1.54, 1.807) is 0 Å². The van der Waals surface area contributed by atoms with Crippen LogP contribution in [0.25, 0.3) is 21.5 Å². The van der Waals surface area contributed by atoms with E-state index < -0.39 is 0 Å². The predicted molar refractivity (Wildman–Crippen MR) is 72.6 cm³/mol. The summed E-state index contributed by atoms with van der Waals surface area (Å²) < 4.78 is 0. The minimum Gasteiger partial charge on any atom is -0.507 e. The molecule has 0 heterocycles. The van der Waals surface area contributed by atoms with Gasteiger partial charge in [-0.05, 0) is 41.8 Å². The fourth-order valence-corrected chi connectivity index (χ4v) is 2.45. The van der Waals surface area contributed by atoms with Crippen molar-refractivity contribution in [3.63, 3.8) is 0 Å². The van der Waals surface area contributed by atoms with E-state index in [1.165, 1.54) is 11.1 Å². The fraction of sp³-hybridized carbons (Fsp3) is 0.125. The molecule has 0 aliphatic carbocycles. The summed E-state index contributed by atoms with van der Waals surface area (Å²) in [5.74, 6) is 0.393. The summed E-state index contributed by atoms with van der Waals surface area (Å²) >= 11 is 0. The number of aryl methyl sites for hydroxylation is 2. The highest BCUT2D eigenvalue weighted by Crippen LogP contribution is 2.36. The van der Waals surface area contributed by atoms with Crippen molar-refractivity contribution in [2.75, 3.05) is 0 Å². The van der Waals surface area contributed by atoms with Crippen molar-refractivity contribution in [3.05, 3.63) is 53.6 Å². The van der Waals surface area contributed by atoms with Gasteiger partial charge < -0.3 is 5.11 Å². The van der Waals surface area contributed by atoms with Crippen LogP contribution in [-0.4, -0.2) is 5.11 Å². The third kappa shape index (κ3) is 1.39. The highest BCUT2D eigenvalue weighted by molar-refractivity contribution is 6.06. The summed E-state index contributed by atoms with van der Waals surface area (Å²) in [6, 6.07) is 14.2. The first-order valence-electron chi connectivity index (χ1n) is 5.79. The second kappa shape index (κ2) is 3.49. The van der Waals surface area contributed by atoms with Gasteiger partial charge in [-0.2, -0.15) is 0 Å². The molecule has 0 spiro atoms. The number of phenolic OH excluding ortho intramolecular Hbond substituents is 1. The molecule has 3 rings (SSSR count). The van der Waals surface area contributed by atoms with Crippen LogP contribution in [0.5, 0.6) is 5.75 Å². The summed E-state index contributed by atoms with van der Waals surface area (Å²) in [7, 11) is 0. The Morgan fingerprint density at radius 1 is 0.706 bits per heavy atom. The van der Waals surface area contributed by atoms with Gasteiger partial charge in [0.1, 0.15) is 5.75 Å². The van der Waals surface area contributed by atoms with Crippen molar-refractivity contribution >= 4 is 21.5 Å². The maximum Gasteiger partial charge on any atom is 0.131 e. The van der Waals surface area contributed by atoms with Gasteiger partial charge >= 0.3 is 0 Å². The molecule has 0 fully saturated rings. The molecule has 0 aromatic heterocycles. The normalized spacial score (nSPS) is 11.2. The summed E-state index contributed by atoms with van der Waals surface area (Å²) in [5.41, 5.74) is 2.39. The lowest BCUT2D eigenvalue weighted by Gasteiger charge is -2.10. The second-order valence-corrected chi connectivity index (χ2v) is 4.57. The van der Waals surface area contributed by atoms with Crippen LogP contribution in [0, 0.1) is 13.8 Å². The Morgan fingerprint density at radius 3 is 1.65 bits per heavy atom. The Balaban J connectivity index is 2.62. The van der Waals surface area contributed by atoms with Crippen molar-refractivity contribution in [2.24, 2.45) is 0 Å². The molecule has 0 saturated carbocycles. The molecule has 84 valence electrons. The molecule has 0 saturated heterocycles. The van der Waals surface area contributed by atoms with Gasteiger partial charge in [-0.1, -0.05) is 36.4 Å². The van der Waals surface area contributed by atoms with Gasteiger partial charge in [-0.15, -0.1) is 0 Å². The number of hydrogen-bond donors (Lipinski definition) is 1. The van der Waals surface area contributed by atoms with Crippen LogP contribution in [0.15, 0.2) is 42.5 Å². The van der Waals surface area contributed by atoms with Crippen LogP contribution < -0.4 is 0 Å². The Bertz CT molecular complexity index is 666. The Kier molecular flexibility index (Phi) is 2.08. The molecular formula is C16H14O. The Hall–Kier alpha value is -2.02. The molecule has 0 atom stereocenters. The molecule has 0 amide bonds. The lowest BCUT2D eigenvalue weighted by Crippen LogP contribution is -1.84. The molecular weight excluding hydrogens is 208 g/mol. The number of aromatic hydroxyl groups is 1. The first kappa shape index (κ1) is 10.2. The van der Waals surface area contributed by atoms with Crippen LogP contribution in [-0.2, 0) is 0 Å². The van der Waals surface area contributed by atoms with Gasteiger partial charge in [-0.25, -0.2) is 0 Å². The summed E-state index contributed by atoms with van der Waals surface area (Å²) in [6.07, 6.45) is 0. The molecule has 0 unspecified atom stereocenters. The zero-order chi connectivity index (χ0) is 12.0. The number of fused-ring (bicyclic) bond motifs is 2. The van der Waals surface area contributed by atoms with E-state index in [1.807, 2.05) is 24.3 Å². The van der Waals surface area contributed by atoms with Gasteiger partial charge in [0.25, 0.3) is 0 Å². The Labute approximate surface area is 100 Å². The van der Waals surface area contributed by atoms with E-state index in [0.29, 0.717) is 5.75 Å². The highest BCUT2D eigenvalue weighted by atomic mass is 16.3. The minimum absolute atomic E-state index is 0.393. The highest BCUT2D eigenvalue weighted by Gasteiger charge is 2.08. The molecule has 17 heavy (non-hydrogen) atoms. The molecule has 1 nitrogen and oxygen atoms in total. The quantitative estimate of drug-likeness (QED) is 0.562. The minimum atomic E-state index is 0.393. The first-order valence-corrected chi connectivity index (χ1v) is 5.79. The van der Waals surface area contributed by atoms with Gasteiger partial charge in [0.2, 0.25) is 0 Å². The van der Waals surface area contributed by atoms with E-state index in [-0.39, 0.29) is 0 Å². The van der Waals surface area contributed by atoms with Crippen LogP contribution in [0.2, 0.25) is 0 Å². The van der Waals surface area contributed by atoms with E-state index in [0.717, 1.165) is 21.5 Å². The average molecular weight is 222 g/mol. The lowest BCUT2D eigenvalue weighted by atomic mass is 9.97. The molecule has 0 aliphatic heterocycles. The second-order valence-electron chi connectivity index (χ2n) is 4.57. The van der Waals surface area contributed by atoms with Crippen molar-refractivity contribution < 1.29 is 5.11 Å². The largest absolute Gasteiger partial charge is 0.507 e.